The van der Waals surface area contributed by atoms with Crippen LogP contribution in [0, 0.1) is 5.92 Å². The molecule has 1 fully saturated rings. The van der Waals surface area contributed by atoms with Crippen LogP contribution >= 0.6 is 0 Å². The lowest BCUT2D eigenvalue weighted by Gasteiger charge is -2.06. The Balaban J connectivity index is 2.09. The average Bonchev–Trinajstić information content (AvgIpc) is 2.64. The number of carboxylic acid groups (broad SMARTS) is 1. The molecule has 1 atom stereocenters. The van der Waals surface area contributed by atoms with Crippen LogP contribution in [0.4, 0.5) is 0 Å². The van der Waals surface area contributed by atoms with Gasteiger partial charge in [-0.3, -0.25) is 0 Å². The van der Waals surface area contributed by atoms with Gasteiger partial charge in [0.1, 0.15) is 0 Å². The summed E-state index contributed by atoms with van der Waals surface area (Å²) in [5.41, 5.74) is 0.327. The van der Waals surface area contributed by atoms with E-state index in [0.29, 0.717) is 24.7 Å². The maximum Gasteiger partial charge on any atom is 0.331 e. The minimum absolute atomic E-state index is 0.327. The van der Waals surface area contributed by atoms with E-state index in [-0.39, 0.29) is 0 Å². The van der Waals surface area contributed by atoms with E-state index >= 15 is 0 Å². The Morgan fingerprint density at radius 1 is 1.71 bits per heavy atom. The largest absolute Gasteiger partial charge is 0.478 e. The van der Waals surface area contributed by atoms with E-state index in [1.165, 1.54) is 0 Å². The SMILES string of the molecule is CC(=CCOCC1CCOC1)C(=O)O. The summed E-state index contributed by atoms with van der Waals surface area (Å²) in [6, 6.07) is 0. The molecule has 0 aromatic heterocycles. The van der Waals surface area contributed by atoms with Crippen molar-refractivity contribution in [2.75, 3.05) is 26.4 Å². The molecule has 0 aromatic carbocycles. The van der Waals surface area contributed by atoms with Crippen molar-refractivity contribution in [1.29, 1.82) is 0 Å². The highest BCUT2D eigenvalue weighted by Gasteiger charge is 2.14. The molecular weight excluding hydrogens is 184 g/mol. The van der Waals surface area contributed by atoms with Crippen molar-refractivity contribution < 1.29 is 19.4 Å². The van der Waals surface area contributed by atoms with Gasteiger partial charge in [-0.2, -0.15) is 0 Å². The summed E-state index contributed by atoms with van der Waals surface area (Å²) in [5, 5.41) is 8.55. The summed E-state index contributed by atoms with van der Waals surface area (Å²) in [5.74, 6) is -0.411. The maximum absolute atomic E-state index is 10.4. The van der Waals surface area contributed by atoms with Gasteiger partial charge in [-0.25, -0.2) is 4.79 Å². The molecule has 0 amide bonds. The molecule has 4 nitrogen and oxygen atoms in total. The summed E-state index contributed by atoms with van der Waals surface area (Å²) < 4.78 is 10.5. The number of hydrogen-bond acceptors (Lipinski definition) is 3. The highest BCUT2D eigenvalue weighted by Crippen LogP contribution is 2.12. The molecule has 14 heavy (non-hydrogen) atoms. The van der Waals surface area contributed by atoms with E-state index in [4.69, 9.17) is 14.6 Å². The second kappa shape index (κ2) is 5.78. The molecule has 4 heteroatoms. The van der Waals surface area contributed by atoms with Crippen LogP contribution in [0.5, 0.6) is 0 Å². The van der Waals surface area contributed by atoms with Gasteiger partial charge in [0.05, 0.1) is 19.8 Å². The van der Waals surface area contributed by atoms with E-state index in [9.17, 15) is 4.79 Å². The maximum atomic E-state index is 10.4. The lowest BCUT2D eigenvalue weighted by atomic mass is 10.1. The number of hydrogen-bond donors (Lipinski definition) is 1. The molecule has 0 aromatic rings. The summed E-state index contributed by atoms with van der Waals surface area (Å²) in [6.07, 6.45) is 2.62. The second-order valence-electron chi connectivity index (χ2n) is 3.46. The standard InChI is InChI=1S/C10H16O4/c1-8(10(11)12)2-4-13-6-9-3-5-14-7-9/h2,9H,3-7H2,1H3,(H,11,12). The van der Waals surface area contributed by atoms with Gasteiger partial charge in [0.15, 0.2) is 0 Å². The fourth-order valence-corrected chi connectivity index (χ4v) is 1.22. The molecule has 1 unspecified atom stereocenters. The third-order valence-corrected chi connectivity index (χ3v) is 2.22. The molecular formula is C10H16O4. The third-order valence-electron chi connectivity index (χ3n) is 2.22. The highest BCUT2D eigenvalue weighted by molar-refractivity contribution is 5.85. The zero-order valence-electron chi connectivity index (χ0n) is 8.36. The lowest BCUT2D eigenvalue weighted by molar-refractivity contribution is -0.132. The highest BCUT2D eigenvalue weighted by atomic mass is 16.5. The first-order valence-corrected chi connectivity index (χ1v) is 4.75. The summed E-state index contributed by atoms with van der Waals surface area (Å²) >= 11 is 0. The second-order valence-corrected chi connectivity index (χ2v) is 3.46. The average molecular weight is 200 g/mol. The normalized spacial score (nSPS) is 22.6. The fourth-order valence-electron chi connectivity index (χ4n) is 1.22. The van der Waals surface area contributed by atoms with Crippen molar-refractivity contribution in [2.45, 2.75) is 13.3 Å². The predicted molar refractivity (Wildman–Crippen MR) is 51.1 cm³/mol. The summed E-state index contributed by atoms with van der Waals surface area (Å²) in [6.45, 7) is 4.17. The molecule has 0 aliphatic carbocycles. The Kier molecular flexibility index (Phi) is 4.62. The van der Waals surface area contributed by atoms with Crippen molar-refractivity contribution in [3.63, 3.8) is 0 Å². The summed E-state index contributed by atoms with van der Waals surface area (Å²) in [4.78, 5) is 10.4. The van der Waals surface area contributed by atoms with Crippen molar-refractivity contribution >= 4 is 5.97 Å². The molecule has 1 aliphatic rings. The predicted octanol–water partition coefficient (Wildman–Crippen LogP) is 1.07. The quantitative estimate of drug-likeness (QED) is 0.532. The van der Waals surface area contributed by atoms with Crippen LogP contribution < -0.4 is 0 Å². The topological polar surface area (TPSA) is 55.8 Å². The molecule has 1 saturated heterocycles. The van der Waals surface area contributed by atoms with Gasteiger partial charge in [0.2, 0.25) is 0 Å². The van der Waals surface area contributed by atoms with E-state index in [2.05, 4.69) is 0 Å². The van der Waals surface area contributed by atoms with Crippen molar-refractivity contribution in [1.82, 2.24) is 0 Å². The van der Waals surface area contributed by atoms with Crippen LogP contribution in [0.3, 0.4) is 0 Å². The minimum Gasteiger partial charge on any atom is -0.478 e. The molecule has 0 spiro atoms. The Morgan fingerprint density at radius 2 is 2.50 bits per heavy atom. The van der Waals surface area contributed by atoms with Gasteiger partial charge in [-0.1, -0.05) is 0 Å². The van der Waals surface area contributed by atoms with Crippen LogP contribution in [-0.4, -0.2) is 37.5 Å². The van der Waals surface area contributed by atoms with E-state index in [1.807, 2.05) is 0 Å². The van der Waals surface area contributed by atoms with Gasteiger partial charge in [0.25, 0.3) is 0 Å². The molecule has 1 N–H and O–H groups in total. The minimum atomic E-state index is -0.891. The van der Waals surface area contributed by atoms with Crippen LogP contribution in [0.1, 0.15) is 13.3 Å². The lowest BCUT2D eigenvalue weighted by Crippen LogP contribution is -2.09. The first kappa shape index (κ1) is 11.2. The Bertz CT molecular complexity index is 216. The van der Waals surface area contributed by atoms with Crippen molar-refractivity contribution in [3.8, 4) is 0 Å². The van der Waals surface area contributed by atoms with Gasteiger partial charge in [-0.15, -0.1) is 0 Å². The van der Waals surface area contributed by atoms with E-state index in [1.54, 1.807) is 13.0 Å². The Hall–Kier alpha value is -0.870. The Labute approximate surface area is 83.5 Å². The van der Waals surface area contributed by atoms with Gasteiger partial charge >= 0.3 is 5.97 Å². The third kappa shape index (κ3) is 3.89. The van der Waals surface area contributed by atoms with Crippen LogP contribution in [0.2, 0.25) is 0 Å². The van der Waals surface area contributed by atoms with Gasteiger partial charge in [0, 0.05) is 18.1 Å². The summed E-state index contributed by atoms with van der Waals surface area (Å²) in [7, 11) is 0. The van der Waals surface area contributed by atoms with E-state index < -0.39 is 5.97 Å². The molecule has 0 saturated carbocycles. The molecule has 1 heterocycles. The van der Waals surface area contributed by atoms with Crippen LogP contribution in [0.15, 0.2) is 11.6 Å². The van der Waals surface area contributed by atoms with Crippen LogP contribution in [-0.2, 0) is 14.3 Å². The number of aliphatic carboxylic acids is 1. The zero-order valence-corrected chi connectivity index (χ0v) is 8.36. The number of carboxylic acids is 1. The molecule has 0 radical (unpaired) electrons. The smallest absolute Gasteiger partial charge is 0.331 e. The van der Waals surface area contributed by atoms with Crippen molar-refractivity contribution in [2.24, 2.45) is 5.92 Å². The number of carbonyl (C=O) groups is 1. The monoisotopic (exact) mass is 200 g/mol. The number of rotatable bonds is 5. The molecule has 80 valence electrons. The fraction of sp³-hybridized carbons (Fsp3) is 0.700. The van der Waals surface area contributed by atoms with E-state index in [0.717, 1.165) is 19.6 Å². The van der Waals surface area contributed by atoms with Crippen LogP contribution in [0.25, 0.3) is 0 Å². The number of ether oxygens (including phenoxy) is 2. The molecule has 1 aliphatic heterocycles. The first-order valence-electron chi connectivity index (χ1n) is 4.75. The van der Waals surface area contributed by atoms with Gasteiger partial charge < -0.3 is 14.6 Å². The van der Waals surface area contributed by atoms with Crippen molar-refractivity contribution in [3.05, 3.63) is 11.6 Å². The first-order chi connectivity index (χ1) is 6.70. The zero-order chi connectivity index (χ0) is 10.4. The van der Waals surface area contributed by atoms with Gasteiger partial charge in [-0.05, 0) is 19.4 Å². The molecule has 0 bridgehead atoms. The molecule has 1 rings (SSSR count). The Morgan fingerprint density at radius 3 is 3.07 bits per heavy atom.